The van der Waals surface area contributed by atoms with Crippen molar-refractivity contribution in [2.75, 3.05) is 0 Å². The molecule has 0 bridgehead atoms. The average Bonchev–Trinajstić information content (AvgIpc) is 3.50. The molecule has 0 aliphatic heterocycles. The molecule has 194 valence electrons. The largest absolute Gasteiger partial charge is 0.0622 e. The average molecular weight is 543 g/mol. The van der Waals surface area contributed by atoms with E-state index in [2.05, 4.69) is 153 Å². The summed E-state index contributed by atoms with van der Waals surface area (Å²) in [4.78, 5) is 0. The highest BCUT2D eigenvalue weighted by Crippen LogP contribution is 2.53. The fourth-order valence-corrected chi connectivity index (χ4v) is 12.0. The van der Waals surface area contributed by atoms with Gasteiger partial charge < -0.3 is 0 Å². The summed E-state index contributed by atoms with van der Waals surface area (Å²) in [5.74, 6) is 1.26. The Bertz CT molecular complexity index is 1370. The van der Waals surface area contributed by atoms with Crippen molar-refractivity contribution in [2.24, 2.45) is 5.92 Å². The molecule has 39 heavy (non-hydrogen) atoms. The molecule has 6 rings (SSSR count). The van der Waals surface area contributed by atoms with Crippen LogP contribution in [0.15, 0.2) is 146 Å². The molecule has 0 N–H and O–H groups in total. The smallest absolute Gasteiger partial charge is 0.0116 e. The van der Waals surface area contributed by atoms with Crippen LogP contribution in [-0.4, -0.2) is 5.66 Å². The van der Waals surface area contributed by atoms with Crippen molar-refractivity contribution in [1.29, 1.82) is 0 Å². The van der Waals surface area contributed by atoms with Crippen molar-refractivity contribution < 1.29 is 0 Å². The molecular formula is C37H36P2. The molecule has 2 heteroatoms. The van der Waals surface area contributed by atoms with Gasteiger partial charge in [0, 0.05) is 0 Å². The Hall–Kier alpha value is -3.04. The second-order valence-electron chi connectivity index (χ2n) is 10.5. The predicted molar refractivity (Wildman–Crippen MR) is 174 cm³/mol. The molecule has 3 atom stereocenters. The lowest BCUT2D eigenvalue weighted by atomic mass is 9.87. The van der Waals surface area contributed by atoms with E-state index >= 15 is 0 Å². The van der Waals surface area contributed by atoms with Crippen LogP contribution in [0.1, 0.15) is 37.7 Å². The van der Waals surface area contributed by atoms with E-state index in [9.17, 15) is 0 Å². The Morgan fingerprint density at radius 3 is 1.46 bits per heavy atom. The molecule has 0 aromatic heterocycles. The van der Waals surface area contributed by atoms with Gasteiger partial charge in [0.15, 0.2) is 0 Å². The molecule has 1 saturated carbocycles. The summed E-state index contributed by atoms with van der Waals surface area (Å²) in [7, 11) is -1.07. The summed E-state index contributed by atoms with van der Waals surface area (Å²) in [6, 6.07) is 54.4. The Balaban J connectivity index is 1.42. The summed E-state index contributed by atoms with van der Waals surface area (Å²) in [6.07, 6.45) is 3.91. The van der Waals surface area contributed by atoms with Crippen molar-refractivity contribution in [3.8, 4) is 0 Å². The highest BCUT2D eigenvalue weighted by Gasteiger charge is 2.38. The maximum Gasteiger partial charge on any atom is -0.0116 e. The van der Waals surface area contributed by atoms with Gasteiger partial charge in [0.2, 0.25) is 0 Å². The van der Waals surface area contributed by atoms with E-state index in [1.807, 2.05) is 0 Å². The molecule has 2 unspecified atom stereocenters. The Morgan fingerprint density at radius 2 is 0.949 bits per heavy atom. The topological polar surface area (TPSA) is 0 Å². The zero-order valence-corrected chi connectivity index (χ0v) is 24.4. The molecule has 0 spiro atoms. The Labute approximate surface area is 236 Å². The maximum absolute atomic E-state index is 2.55. The monoisotopic (exact) mass is 542 g/mol. The minimum absolute atomic E-state index is 0.447. The van der Waals surface area contributed by atoms with E-state index < -0.39 is 15.8 Å². The first kappa shape index (κ1) is 26.2. The fourth-order valence-electron chi connectivity index (χ4n) is 6.53. The van der Waals surface area contributed by atoms with E-state index in [1.165, 1.54) is 45.8 Å². The molecule has 5 aromatic carbocycles. The highest BCUT2D eigenvalue weighted by molar-refractivity contribution is 7.80. The fraction of sp³-hybridized carbons (Fsp3) is 0.189. The van der Waals surface area contributed by atoms with Crippen LogP contribution in [0.5, 0.6) is 0 Å². The lowest BCUT2D eigenvalue weighted by Crippen LogP contribution is -2.30. The first-order valence-corrected chi connectivity index (χ1v) is 16.9. The van der Waals surface area contributed by atoms with Gasteiger partial charge in [0.05, 0.1) is 0 Å². The van der Waals surface area contributed by atoms with Gasteiger partial charge in [-0.25, -0.2) is 0 Å². The van der Waals surface area contributed by atoms with E-state index in [0.29, 0.717) is 17.5 Å². The van der Waals surface area contributed by atoms with Gasteiger partial charge in [-0.05, 0) is 78.3 Å². The van der Waals surface area contributed by atoms with E-state index in [0.717, 1.165) is 0 Å². The first-order chi connectivity index (χ1) is 19.3. The van der Waals surface area contributed by atoms with Crippen LogP contribution in [0.3, 0.4) is 0 Å². The van der Waals surface area contributed by atoms with Crippen molar-refractivity contribution in [2.45, 2.75) is 37.8 Å². The van der Waals surface area contributed by atoms with Gasteiger partial charge in [-0.2, -0.15) is 0 Å². The Morgan fingerprint density at radius 1 is 0.513 bits per heavy atom. The molecule has 1 aliphatic rings. The van der Waals surface area contributed by atoms with Gasteiger partial charge >= 0.3 is 0 Å². The van der Waals surface area contributed by atoms with Crippen LogP contribution < -0.4 is 26.5 Å². The molecule has 0 heterocycles. The molecular weight excluding hydrogens is 506 g/mol. The minimum atomic E-state index is -0.619. The van der Waals surface area contributed by atoms with Crippen LogP contribution in [-0.2, 0) is 0 Å². The number of rotatable bonds is 8. The summed E-state index contributed by atoms with van der Waals surface area (Å²) >= 11 is 0. The van der Waals surface area contributed by atoms with Crippen molar-refractivity contribution in [3.05, 3.63) is 151 Å². The summed E-state index contributed by atoms with van der Waals surface area (Å²) < 4.78 is 0. The van der Waals surface area contributed by atoms with Gasteiger partial charge in [-0.3, -0.25) is 0 Å². The van der Waals surface area contributed by atoms with Crippen molar-refractivity contribution in [3.63, 3.8) is 0 Å². The van der Waals surface area contributed by atoms with Crippen LogP contribution in [0.25, 0.3) is 0 Å². The lowest BCUT2D eigenvalue weighted by Gasteiger charge is -2.35. The molecule has 0 nitrogen and oxygen atoms in total. The molecule has 0 amide bonds. The van der Waals surface area contributed by atoms with Gasteiger partial charge in [0.25, 0.3) is 0 Å². The zero-order valence-electron chi connectivity index (χ0n) is 22.6. The van der Waals surface area contributed by atoms with E-state index in [-0.39, 0.29) is 0 Å². The second-order valence-corrected chi connectivity index (χ2v) is 15.3. The number of benzene rings is 5. The van der Waals surface area contributed by atoms with E-state index in [4.69, 9.17) is 0 Å². The highest BCUT2D eigenvalue weighted by atomic mass is 31.1. The van der Waals surface area contributed by atoms with Crippen LogP contribution >= 0.6 is 15.8 Å². The van der Waals surface area contributed by atoms with Gasteiger partial charge in [0.1, 0.15) is 0 Å². The van der Waals surface area contributed by atoms with E-state index in [1.54, 1.807) is 5.56 Å². The third-order valence-electron chi connectivity index (χ3n) is 8.27. The number of hydrogen-bond donors (Lipinski definition) is 0. The lowest BCUT2D eigenvalue weighted by molar-refractivity contribution is 0.480. The maximum atomic E-state index is 2.55. The van der Waals surface area contributed by atoms with Gasteiger partial charge in [-0.15, -0.1) is 0 Å². The molecule has 5 aromatic rings. The minimum Gasteiger partial charge on any atom is -0.0622 e. The molecule has 0 radical (unpaired) electrons. The second kappa shape index (κ2) is 12.4. The van der Waals surface area contributed by atoms with Gasteiger partial charge in [-0.1, -0.05) is 159 Å². The quantitative estimate of drug-likeness (QED) is 0.175. The predicted octanol–water partition coefficient (Wildman–Crippen LogP) is 7.85. The summed E-state index contributed by atoms with van der Waals surface area (Å²) in [6.45, 7) is 2.55. The molecule has 1 aliphatic carbocycles. The standard InChI is InChI=1S/C37H36P2/c1-29(38(30-17-6-2-7-18-30)31-19-8-3-9-20-31)34-26-16-27-35(34)36-25-14-15-28-37(36)39(32-21-10-4-11-22-32)33-23-12-5-13-24-33/h2-15,17-25,28-29,34-35H,16,26-27H2,1H3/t29-,34?,35?/m0/s1. The first-order valence-electron chi connectivity index (χ1n) is 14.2. The normalized spacial score (nSPS) is 17.9. The Kier molecular flexibility index (Phi) is 8.35. The van der Waals surface area contributed by atoms with Crippen molar-refractivity contribution >= 4 is 42.4 Å². The third-order valence-corrected chi connectivity index (χ3v) is 13.7. The third kappa shape index (κ3) is 5.65. The number of hydrogen-bond acceptors (Lipinski definition) is 0. The molecule has 0 saturated heterocycles. The van der Waals surface area contributed by atoms with Crippen molar-refractivity contribution in [1.82, 2.24) is 0 Å². The SMILES string of the molecule is C[C@@H](C1CCCC1c1ccccc1P(c1ccccc1)c1ccccc1)P(c1ccccc1)c1ccccc1. The van der Waals surface area contributed by atoms with Crippen LogP contribution in [0.2, 0.25) is 0 Å². The van der Waals surface area contributed by atoms with Crippen LogP contribution in [0.4, 0.5) is 0 Å². The summed E-state index contributed by atoms with van der Waals surface area (Å²) in [5.41, 5.74) is 2.19. The van der Waals surface area contributed by atoms with Crippen LogP contribution in [0, 0.1) is 5.92 Å². The molecule has 1 fully saturated rings. The summed E-state index contributed by atoms with van der Waals surface area (Å²) in [5, 5.41) is 7.41. The zero-order chi connectivity index (χ0) is 26.4.